The molecule has 2 rings (SSSR count). The van der Waals surface area contributed by atoms with Crippen molar-refractivity contribution in [2.75, 3.05) is 18.0 Å². The Labute approximate surface area is 122 Å². The maximum absolute atomic E-state index is 11.7. The van der Waals surface area contributed by atoms with Crippen LogP contribution in [0, 0.1) is 11.3 Å². The van der Waals surface area contributed by atoms with Crippen molar-refractivity contribution in [1.82, 2.24) is 5.32 Å². The van der Waals surface area contributed by atoms with Gasteiger partial charge in [-0.15, -0.1) is 0 Å². The van der Waals surface area contributed by atoms with Crippen molar-refractivity contribution in [3.63, 3.8) is 0 Å². The molecule has 108 valence electrons. The Bertz CT molecular complexity index is 646. The predicted octanol–water partition coefficient (Wildman–Crippen LogP) is 0.981. The summed E-state index contributed by atoms with van der Waals surface area (Å²) in [5.41, 5.74) is 1.74. The second-order valence-electron chi connectivity index (χ2n) is 4.72. The molecule has 1 heterocycles. The van der Waals surface area contributed by atoms with E-state index in [1.165, 1.54) is 6.08 Å². The van der Waals surface area contributed by atoms with Crippen molar-refractivity contribution < 1.29 is 14.7 Å². The van der Waals surface area contributed by atoms with Crippen molar-refractivity contribution in [2.24, 2.45) is 0 Å². The van der Waals surface area contributed by atoms with E-state index in [0.717, 1.165) is 6.08 Å². The highest BCUT2D eigenvalue weighted by atomic mass is 16.4. The average molecular weight is 285 g/mol. The number of rotatable bonds is 3. The summed E-state index contributed by atoms with van der Waals surface area (Å²) in [6, 6.07) is 6.86. The number of carboxylic acid groups (broad SMARTS) is 1. The number of piperazine rings is 1. The van der Waals surface area contributed by atoms with Gasteiger partial charge in [0.15, 0.2) is 0 Å². The molecule has 1 unspecified atom stereocenters. The van der Waals surface area contributed by atoms with Crippen molar-refractivity contribution in [3.8, 4) is 6.07 Å². The third-order valence-electron chi connectivity index (χ3n) is 3.37. The van der Waals surface area contributed by atoms with Gasteiger partial charge < -0.3 is 15.3 Å². The third kappa shape index (κ3) is 3.20. The molecule has 0 aliphatic carbocycles. The summed E-state index contributed by atoms with van der Waals surface area (Å²) in [7, 11) is 0. The van der Waals surface area contributed by atoms with E-state index in [2.05, 4.69) is 11.4 Å². The van der Waals surface area contributed by atoms with Gasteiger partial charge in [0.25, 0.3) is 0 Å². The molecule has 1 aromatic carbocycles. The number of nitrogens with zero attached hydrogens (tertiary/aromatic N) is 2. The smallest absolute Gasteiger partial charge is 0.328 e. The minimum Gasteiger partial charge on any atom is -0.478 e. The fourth-order valence-electron chi connectivity index (χ4n) is 2.28. The summed E-state index contributed by atoms with van der Waals surface area (Å²) in [5, 5.41) is 20.7. The molecular formula is C15H15N3O3. The maximum atomic E-state index is 11.7. The number of nitrogens with one attached hydrogen (secondary N) is 1. The minimum absolute atomic E-state index is 0.0695. The molecule has 1 aromatic rings. The molecule has 2 N–H and O–H groups in total. The Morgan fingerprint density at radius 3 is 3.00 bits per heavy atom. The quantitative estimate of drug-likeness (QED) is 0.807. The van der Waals surface area contributed by atoms with Crippen molar-refractivity contribution in [1.29, 1.82) is 5.26 Å². The highest BCUT2D eigenvalue weighted by Gasteiger charge is 2.27. The van der Waals surface area contributed by atoms with Crippen LogP contribution < -0.4 is 10.2 Å². The van der Waals surface area contributed by atoms with Crippen LogP contribution in [0.15, 0.2) is 24.3 Å². The number of hydrogen-bond acceptors (Lipinski definition) is 4. The highest BCUT2D eigenvalue weighted by Crippen LogP contribution is 2.25. The van der Waals surface area contributed by atoms with E-state index in [1.54, 1.807) is 25.1 Å². The van der Waals surface area contributed by atoms with Gasteiger partial charge in [-0.3, -0.25) is 4.79 Å². The van der Waals surface area contributed by atoms with Crippen LogP contribution in [0.25, 0.3) is 6.08 Å². The number of carbonyl (C=O) groups is 2. The number of carbonyl (C=O) groups excluding carboxylic acids is 1. The van der Waals surface area contributed by atoms with Crippen molar-refractivity contribution in [2.45, 2.75) is 13.0 Å². The molecule has 1 saturated heterocycles. The molecule has 0 saturated carbocycles. The summed E-state index contributed by atoms with van der Waals surface area (Å²) < 4.78 is 0. The van der Waals surface area contributed by atoms with Gasteiger partial charge in [0.1, 0.15) is 12.1 Å². The van der Waals surface area contributed by atoms with Gasteiger partial charge >= 0.3 is 5.97 Å². The second-order valence-corrected chi connectivity index (χ2v) is 4.72. The van der Waals surface area contributed by atoms with E-state index in [4.69, 9.17) is 5.11 Å². The monoisotopic (exact) mass is 285 g/mol. The molecule has 0 spiro atoms. The summed E-state index contributed by atoms with van der Waals surface area (Å²) in [5.74, 6) is -1.11. The maximum Gasteiger partial charge on any atom is 0.328 e. The highest BCUT2D eigenvalue weighted by molar-refractivity contribution is 5.87. The van der Waals surface area contributed by atoms with Crippen LogP contribution in [-0.2, 0) is 9.59 Å². The summed E-state index contributed by atoms with van der Waals surface area (Å²) in [6.45, 7) is 2.95. The Morgan fingerprint density at radius 2 is 2.33 bits per heavy atom. The van der Waals surface area contributed by atoms with Crippen LogP contribution in [-0.4, -0.2) is 36.1 Å². The van der Waals surface area contributed by atoms with Gasteiger partial charge in [-0.05, 0) is 30.7 Å². The van der Waals surface area contributed by atoms with E-state index in [9.17, 15) is 14.9 Å². The SMILES string of the molecule is CC1C(=O)NCCN1c1ccc(/C=C/C(=O)O)cc1C#N. The lowest BCUT2D eigenvalue weighted by Crippen LogP contribution is -2.54. The molecule has 1 amide bonds. The van der Waals surface area contributed by atoms with E-state index >= 15 is 0 Å². The van der Waals surface area contributed by atoms with Crippen molar-refractivity contribution in [3.05, 3.63) is 35.4 Å². The normalized spacial score (nSPS) is 18.4. The number of amides is 1. The first-order valence-electron chi connectivity index (χ1n) is 6.52. The largest absolute Gasteiger partial charge is 0.478 e. The fourth-order valence-corrected chi connectivity index (χ4v) is 2.28. The molecule has 21 heavy (non-hydrogen) atoms. The first-order valence-corrected chi connectivity index (χ1v) is 6.52. The van der Waals surface area contributed by atoms with E-state index in [-0.39, 0.29) is 11.9 Å². The first-order chi connectivity index (χ1) is 10.0. The molecule has 6 heteroatoms. The van der Waals surface area contributed by atoms with E-state index in [0.29, 0.717) is 29.9 Å². The van der Waals surface area contributed by atoms with Gasteiger partial charge in [-0.25, -0.2) is 4.79 Å². The van der Waals surface area contributed by atoms with Crippen LogP contribution in [0.4, 0.5) is 5.69 Å². The fraction of sp³-hybridized carbons (Fsp3) is 0.267. The Hall–Kier alpha value is -2.81. The zero-order chi connectivity index (χ0) is 15.4. The number of anilines is 1. The third-order valence-corrected chi connectivity index (χ3v) is 3.37. The molecule has 1 aliphatic heterocycles. The standard InChI is InChI=1S/C15H15N3O3/c1-10-15(21)17-6-7-18(10)13-4-2-11(3-5-14(19)20)8-12(13)9-16/h2-5,8,10H,6-7H2,1H3,(H,17,21)(H,19,20)/b5-3+. The lowest BCUT2D eigenvalue weighted by Gasteiger charge is -2.35. The van der Waals surface area contributed by atoms with Gasteiger partial charge in [-0.2, -0.15) is 5.26 Å². The molecule has 0 aromatic heterocycles. The second kappa shape index (κ2) is 6.09. The van der Waals surface area contributed by atoms with Crippen molar-refractivity contribution >= 4 is 23.6 Å². The van der Waals surface area contributed by atoms with Gasteiger partial charge in [0.05, 0.1) is 11.3 Å². The Kier molecular flexibility index (Phi) is 4.24. The van der Waals surface area contributed by atoms with Crippen LogP contribution in [0.1, 0.15) is 18.1 Å². The van der Waals surface area contributed by atoms with Crippen LogP contribution in [0.3, 0.4) is 0 Å². The van der Waals surface area contributed by atoms with Crippen LogP contribution in [0.5, 0.6) is 0 Å². The van der Waals surface area contributed by atoms with E-state index < -0.39 is 5.97 Å². The zero-order valence-corrected chi connectivity index (χ0v) is 11.5. The molecule has 1 aliphatic rings. The lowest BCUT2D eigenvalue weighted by atomic mass is 10.1. The molecule has 1 atom stereocenters. The molecular weight excluding hydrogens is 270 g/mol. The number of nitriles is 1. The topological polar surface area (TPSA) is 93.4 Å². The van der Waals surface area contributed by atoms with Gasteiger partial charge in [0.2, 0.25) is 5.91 Å². The van der Waals surface area contributed by atoms with E-state index in [1.807, 2.05) is 4.90 Å². The summed E-state index contributed by atoms with van der Waals surface area (Å²) >= 11 is 0. The predicted molar refractivity (Wildman–Crippen MR) is 77.6 cm³/mol. The Balaban J connectivity index is 2.34. The zero-order valence-electron chi connectivity index (χ0n) is 11.5. The average Bonchev–Trinajstić information content (AvgIpc) is 2.48. The Morgan fingerprint density at radius 1 is 1.57 bits per heavy atom. The van der Waals surface area contributed by atoms with Crippen LogP contribution in [0.2, 0.25) is 0 Å². The number of aliphatic carboxylic acids is 1. The molecule has 1 fully saturated rings. The van der Waals surface area contributed by atoms with Gasteiger partial charge in [0, 0.05) is 19.2 Å². The van der Waals surface area contributed by atoms with Crippen LogP contribution >= 0.6 is 0 Å². The lowest BCUT2D eigenvalue weighted by molar-refractivity contribution is -0.131. The molecule has 0 radical (unpaired) electrons. The first kappa shape index (κ1) is 14.6. The number of benzene rings is 1. The van der Waals surface area contributed by atoms with Gasteiger partial charge in [-0.1, -0.05) is 6.07 Å². The minimum atomic E-state index is -1.04. The summed E-state index contributed by atoms with van der Waals surface area (Å²) in [4.78, 5) is 24.1. The summed E-state index contributed by atoms with van der Waals surface area (Å²) in [6.07, 6.45) is 2.45. The molecule has 0 bridgehead atoms. The number of carboxylic acids is 1. The number of hydrogen-bond donors (Lipinski definition) is 2. The molecule has 6 nitrogen and oxygen atoms in total.